The summed E-state index contributed by atoms with van der Waals surface area (Å²) in [6, 6.07) is 10.4. The van der Waals surface area contributed by atoms with Crippen molar-refractivity contribution in [3.63, 3.8) is 0 Å². The van der Waals surface area contributed by atoms with Crippen molar-refractivity contribution in [2.75, 3.05) is 25.0 Å². The molecule has 1 aliphatic heterocycles. The Hall–Kier alpha value is -3.76. The molecule has 0 radical (unpaired) electrons. The molecule has 6 nitrogen and oxygen atoms in total. The van der Waals surface area contributed by atoms with Gasteiger partial charge in [0.05, 0.1) is 11.1 Å². The molecule has 0 bridgehead atoms. The maximum absolute atomic E-state index is 5.88. The molecular weight excluding hydrogens is 418 g/mol. The Bertz CT molecular complexity index is 1360. The second-order valence-corrected chi connectivity index (χ2v) is 8.57. The van der Waals surface area contributed by atoms with Gasteiger partial charge in [-0.25, -0.2) is 9.97 Å². The normalized spacial score (nSPS) is 15.5. The van der Waals surface area contributed by atoms with Gasteiger partial charge in [-0.2, -0.15) is 0 Å². The average Bonchev–Trinajstić information content (AvgIpc) is 3.55. The van der Waals surface area contributed by atoms with Gasteiger partial charge in [0.2, 0.25) is 0 Å². The minimum absolute atomic E-state index is 0.294. The summed E-state index contributed by atoms with van der Waals surface area (Å²) in [6.07, 6.45) is 4.38. The lowest BCUT2D eigenvalue weighted by molar-refractivity contribution is 0.375. The van der Waals surface area contributed by atoms with E-state index in [1.165, 1.54) is 4.70 Å². The van der Waals surface area contributed by atoms with Crippen LogP contribution >= 0.6 is 11.3 Å². The number of ether oxygens (including phenoxy) is 1. The number of hydrogen-bond acceptors (Lipinski definition) is 6. The maximum Gasteiger partial charge on any atom is 0.149 e. The molecular formula is C25H23N5OS. The number of fused-ring (bicyclic) bond motifs is 2. The Morgan fingerprint density at radius 2 is 2.28 bits per heavy atom. The number of likely N-dealkylation sites (tertiary alicyclic amines) is 1. The molecule has 4 aromatic rings. The van der Waals surface area contributed by atoms with Crippen LogP contribution in [0.1, 0.15) is 12.1 Å². The molecule has 160 valence electrons. The van der Waals surface area contributed by atoms with Gasteiger partial charge in [-0.05, 0) is 48.1 Å². The molecule has 0 spiro atoms. The van der Waals surface area contributed by atoms with E-state index in [2.05, 4.69) is 67.7 Å². The van der Waals surface area contributed by atoms with Crippen molar-refractivity contribution < 1.29 is 4.74 Å². The highest BCUT2D eigenvalue weighted by Crippen LogP contribution is 2.29. The zero-order valence-electron chi connectivity index (χ0n) is 17.6. The van der Waals surface area contributed by atoms with Crippen LogP contribution in [0.15, 0.2) is 67.0 Å². The van der Waals surface area contributed by atoms with E-state index in [0.717, 1.165) is 58.9 Å². The molecule has 1 saturated heterocycles. The summed E-state index contributed by atoms with van der Waals surface area (Å²) < 4.78 is 7.10. The Labute approximate surface area is 190 Å². The van der Waals surface area contributed by atoms with Crippen molar-refractivity contribution in [3.05, 3.63) is 72.7 Å². The number of nitrogens with zero attached hydrogens (tertiary/aromatic N) is 3. The standard InChI is InChI=1S/C25H23N5OS/c1-3-17(2)30-11-9-19(15-30)29-25-21-14-18(28-24(21)26-16-27-25)6-5-12-31-22-7-4-8-23-20(22)10-13-32-23/h3-4,7-8,10,13-14,16,19H,1-2,9,11-12,15H2,(H2,26,27,28,29)/t19-/m1/s1. The van der Waals surface area contributed by atoms with Gasteiger partial charge in [0.25, 0.3) is 0 Å². The first-order valence-electron chi connectivity index (χ1n) is 10.5. The molecule has 0 amide bonds. The largest absolute Gasteiger partial charge is 0.480 e. The van der Waals surface area contributed by atoms with Crippen LogP contribution < -0.4 is 10.1 Å². The third-order valence-corrected chi connectivity index (χ3v) is 6.46. The molecule has 1 aromatic carbocycles. The highest BCUT2D eigenvalue weighted by Gasteiger charge is 2.23. The van der Waals surface area contributed by atoms with Crippen LogP contribution in [-0.2, 0) is 0 Å². The van der Waals surface area contributed by atoms with Crippen LogP contribution in [-0.4, -0.2) is 45.6 Å². The molecule has 4 heterocycles. The number of rotatable bonds is 6. The van der Waals surface area contributed by atoms with Gasteiger partial charge in [0.15, 0.2) is 0 Å². The summed E-state index contributed by atoms with van der Waals surface area (Å²) in [5.74, 6) is 7.91. The van der Waals surface area contributed by atoms with Crippen LogP contribution in [0.25, 0.3) is 21.1 Å². The van der Waals surface area contributed by atoms with Crippen LogP contribution in [0, 0.1) is 11.8 Å². The van der Waals surface area contributed by atoms with Gasteiger partial charge in [-0.1, -0.05) is 25.1 Å². The van der Waals surface area contributed by atoms with E-state index in [-0.39, 0.29) is 0 Å². The fraction of sp³-hybridized carbons (Fsp3) is 0.200. The van der Waals surface area contributed by atoms with Crippen molar-refractivity contribution in [1.29, 1.82) is 0 Å². The lowest BCUT2D eigenvalue weighted by Crippen LogP contribution is -2.25. The first kappa shape index (κ1) is 20.2. The fourth-order valence-electron chi connectivity index (χ4n) is 3.92. The summed E-state index contributed by atoms with van der Waals surface area (Å²) >= 11 is 1.70. The van der Waals surface area contributed by atoms with Crippen LogP contribution in [0.5, 0.6) is 5.75 Å². The van der Waals surface area contributed by atoms with Gasteiger partial charge in [0, 0.05) is 34.9 Å². The predicted octanol–water partition coefficient (Wildman–Crippen LogP) is 4.79. The zero-order chi connectivity index (χ0) is 21.9. The topological polar surface area (TPSA) is 66.1 Å². The maximum atomic E-state index is 5.88. The third-order valence-electron chi connectivity index (χ3n) is 5.58. The van der Waals surface area contributed by atoms with E-state index in [0.29, 0.717) is 12.6 Å². The van der Waals surface area contributed by atoms with Crippen molar-refractivity contribution in [2.45, 2.75) is 12.5 Å². The Kier molecular flexibility index (Phi) is 5.53. The van der Waals surface area contributed by atoms with Gasteiger partial charge >= 0.3 is 0 Å². The predicted molar refractivity (Wildman–Crippen MR) is 131 cm³/mol. The minimum atomic E-state index is 0.294. The number of aromatic nitrogens is 3. The summed E-state index contributed by atoms with van der Waals surface area (Å²) in [5, 5.41) is 7.67. The van der Waals surface area contributed by atoms with Crippen molar-refractivity contribution in [2.24, 2.45) is 0 Å². The molecule has 1 fully saturated rings. The van der Waals surface area contributed by atoms with Crippen LogP contribution in [0.3, 0.4) is 0 Å². The lowest BCUT2D eigenvalue weighted by Gasteiger charge is -2.19. The number of thiophene rings is 1. The number of benzene rings is 1. The molecule has 0 unspecified atom stereocenters. The molecule has 3 aromatic heterocycles. The fourth-order valence-corrected chi connectivity index (χ4v) is 4.72. The first-order valence-corrected chi connectivity index (χ1v) is 11.3. The van der Waals surface area contributed by atoms with Gasteiger partial charge < -0.3 is 19.9 Å². The second kappa shape index (κ2) is 8.77. The molecule has 7 heteroatoms. The monoisotopic (exact) mass is 441 g/mol. The second-order valence-electron chi connectivity index (χ2n) is 7.62. The van der Waals surface area contributed by atoms with Crippen molar-refractivity contribution in [3.8, 4) is 17.6 Å². The summed E-state index contributed by atoms with van der Waals surface area (Å²) in [4.78, 5) is 14.3. The van der Waals surface area contributed by atoms with Crippen molar-refractivity contribution in [1.82, 2.24) is 19.9 Å². The van der Waals surface area contributed by atoms with E-state index in [1.807, 2.05) is 18.2 Å². The molecule has 2 N–H and O–H groups in total. The highest BCUT2D eigenvalue weighted by atomic mass is 32.1. The smallest absolute Gasteiger partial charge is 0.149 e. The Balaban J connectivity index is 1.27. The van der Waals surface area contributed by atoms with E-state index >= 15 is 0 Å². The number of allylic oxidation sites excluding steroid dienone is 1. The number of H-pyrrole nitrogens is 1. The molecule has 1 aliphatic rings. The Morgan fingerprint density at radius 3 is 3.19 bits per heavy atom. The number of hydrogen-bond donors (Lipinski definition) is 2. The molecule has 0 saturated carbocycles. The van der Waals surface area contributed by atoms with E-state index < -0.39 is 0 Å². The quantitative estimate of drug-likeness (QED) is 0.333. The van der Waals surface area contributed by atoms with Gasteiger partial charge in [-0.3, -0.25) is 0 Å². The third kappa shape index (κ3) is 4.05. The van der Waals surface area contributed by atoms with Crippen LogP contribution in [0.2, 0.25) is 0 Å². The lowest BCUT2D eigenvalue weighted by atomic mass is 10.2. The van der Waals surface area contributed by atoms with E-state index in [1.54, 1.807) is 23.7 Å². The zero-order valence-corrected chi connectivity index (χ0v) is 18.4. The number of nitrogens with one attached hydrogen (secondary N) is 2. The summed E-state index contributed by atoms with van der Waals surface area (Å²) in [6.45, 7) is 10.00. The average molecular weight is 442 g/mol. The van der Waals surface area contributed by atoms with Gasteiger partial charge in [-0.15, -0.1) is 11.3 Å². The SMILES string of the molecule is C=CC(=C)N1CC[C@@H](Nc2ncnc3[nH]c(C#CCOc4cccc5sccc45)cc23)C1. The molecule has 5 rings (SSSR count). The summed E-state index contributed by atoms with van der Waals surface area (Å²) in [5.41, 5.74) is 2.51. The molecule has 1 atom stereocenters. The highest BCUT2D eigenvalue weighted by molar-refractivity contribution is 7.17. The molecule has 0 aliphatic carbocycles. The van der Waals surface area contributed by atoms with E-state index in [9.17, 15) is 0 Å². The number of aromatic amines is 1. The number of anilines is 1. The van der Waals surface area contributed by atoms with Crippen LogP contribution in [0.4, 0.5) is 5.82 Å². The Morgan fingerprint density at radius 1 is 1.34 bits per heavy atom. The van der Waals surface area contributed by atoms with Crippen molar-refractivity contribution >= 4 is 38.3 Å². The minimum Gasteiger partial charge on any atom is -0.480 e. The van der Waals surface area contributed by atoms with E-state index in [4.69, 9.17) is 4.74 Å². The first-order chi connectivity index (χ1) is 15.7. The van der Waals surface area contributed by atoms with Gasteiger partial charge in [0.1, 0.15) is 30.1 Å². The summed E-state index contributed by atoms with van der Waals surface area (Å²) in [7, 11) is 0. The molecule has 32 heavy (non-hydrogen) atoms.